The molecular weight excluding hydrogens is 357 g/mol. The first-order chi connectivity index (χ1) is 13.5. The first kappa shape index (κ1) is 18.6. The Morgan fingerprint density at radius 1 is 1.00 bits per heavy atom. The number of benzene rings is 2. The lowest BCUT2D eigenvalue weighted by Gasteiger charge is -2.47. The number of carbonyl (C=O) groups excluding carboxylic acids is 2. The van der Waals surface area contributed by atoms with E-state index in [1.165, 1.54) is 17.0 Å². The molecule has 6 heteroatoms. The Bertz CT molecular complexity index is 866. The third-order valence-electron chi connectivity index (χ3n) is 5.55. The van der Waals surface area contributed by atoms with E-state index < -0.39 is 0 Å². The lowest BCUT2D eigenvalue weighted by molar-refractivity contribution is -0.142. The van der Waals surface area contributed by atoms with Crippen LogP contribution in [0.2, 0.25) is 0 Å². The standard InChI is InChI=1S/C22H24FN3O2/c1-15-4-6-16(7-5-15)13-25-20-19(3-2-12-24-20)21(27)26(22(25)28)14-17-8-10-18(23)11-9-17/h4-11,19-20,24H,2-3,12-14H2,1H3. The van der Waals surface area contributed by atoms with Crippen LogP contribution in [0.25, 0.3) is 0 Å². The number of nitrogens with zero attached hydrogens (tertiary/aromatic N) is 2. The van der Waals surface area contributed by atoms with Gasteiger partial charge in [-0.05, 0) is 49.6 Å². The van der Waals surface area contributed by atoms with Crippen molar-refractivity contribution in [2.75, 3.05) is 6.54 Å². The number of hydrogen-bond donors (Lipinski definition) is 1. The highest BCUT2D eigenvalue weighted by Crippen LogP contribution is 2.30. The Morgan fingerprint density at radius 2 is 1.64 bits per heavy atom. The fraction of sp³-hybridized carbons (Fsp3) is 0.364. The Labute approximate surface area is 164 Å². The predicted octanol–water partition coefficient (Wildman–Crippen LogP) is 3.42. The van der Waals surface area contributed by atoms with Crippen molar-refractivity contribution in [3.8, 4) is 0 Å². The van der Waals surface area contributed by atoms with Crippen molar-refractivity contribution in [3.05, 3.63) is 71.0 Å². The van der Waals surface area contributed by atoms with E-state index in [9.17, 15) is 14.0 Å². The highest BCUT2D eigenvalue weighted by atomic mass is 19.1. The summed E-state index contributed by atoms with van der Waals surface area (Å²) in [6.07, 6.45) is 1.39. The summed E-state index contributed by atoms with van der Waals surface area (Å²) in [6.45, 7) is 3.42. The number of hydrogen-bond acceptors (Lipinski definition) is 3. The van der Waals surface area contributed by atoms with Crippen LogP contribution in [-0.4, -0.2) is 34.4 Å². The van der Waals surface area contributed by atoms with E-state index in [2.05, 4.69) is 5.32 Å². The maximum absolute atomic E-state index is 13.3. The molecular formula is C22H24FN3O2. The molecule has 2 aliphatic rings. The van der Waals surface area contributed by atoms with Gasteiger partial charge in [0, 0.05) is 6.54 Å². The number of nitrogens with one attached hydrogen (secondary N) is 1. The average molecular weight is 381 g/mol. The Kier molecular flexibility index (Phi) is 5.13. The minimum absolute atomic E-state index is 0.147. The van der Waals surface area contributed by atoms with E-state index in [4.69, 9.17) is 0 Å². The fourth-order valence-electron chi connectivity index (χ4n) is 4.00. The van der Waals surface area contributed by atoms with Crippen LogP contribution in [0.1, 0.15) is 29.5 Å². The third-order valence-corrected chi connectivity index (χ3v) is 5.55. The van der Waals surface area contributed by atoms with Crippen LogP contribution < -0.4 is 5.32 Å². The summed E-state index contributed by atoms with van der Waals surface area (Å²) < 4.78 is 13.2. The number of halogens is 1. The Balaban J connectivity index is 1.61. The summed E-state index contributed by atoms with van der Waals surface area (Å²) in [7, 11) is 0. The van der Waals surface area contributed by atoms with Gasteiger partial charge in [-0.1, -0.05) is 42.0 Å². The molecule has 2 aromatic carbocycles. The number of urea groups is 1. The lowest BCUT2D eigenvalue weighted by atomic mass is 9.91. The molecule has 2 heterocycles. The van der Waals surface area contributed by atoms with Crippen molar-refractivity contribution in [2.45, 2.75) is 39.0 Å². The largest absolute Gasteiger partial charge is 0.328 e. The summed E-state index contributed by atoms with van der Waals surface area (Å²) in [4.78, 5) is 29.4. The molecule has 0 bridgehead atoms. The van der Waals surface area contributed by atoms with E-state index in [1.807, 2.05) is 31.2 Å². The van der Waals surface area contributed by atoms with Gasteiger partial charge in [0.05, 0.1) is 18.6 Å². The molecule has 0 radical (unpaired) electrons. The lowest BCUT2D eigenvalue weighted by Crippen LogP contribution is -2.66. The van der Waals surface area contributed by atoms with Gasteiger partial charge in [0.25, 0.3) is 0 Å². The van der Waals surface area contributed by atoms with Crippen molar-refractivity contribution < 1.29 is 14.0 Å². The van der Waals surface area contributed by atoms with E-state index in [1.54, 1.807) is 17.0 Å². The predicted molar refractivity (Wildman–Crippen MR) is 104 cm³/mol. The van der Waals surface area contributed by atoms with Gasteiger partial charge in [0.1, 0.15) is 5.82 Å². The van der Waals surface area contributed by atoms with Gasteiger partial charge in [-0.3, -0.25) is 15.0 Å². The monoisotopic (exact) mass is 381 g/mol. The molecule has 3 amide bonds. The molecule has 2 unspecified atom stereocenters. The summed E-state index contributed by atoms with van der Waals surface area (Å²) in [5.74, 6) is -0.735. The molecule has 0 saturated carbocycles. The van der Waals surface area contributed by atoms with E-state index in [0.29, 0.717) is 6.54 Å². The second-order valence-electron chi connectivity index (χ2n) is 7.59. The second-order valence-corrected chi connectivity index (χ2v) is 7.59. The second kappa shape index (κ2) is 7.72. The molecule has 0 aliphatic carbocycles. The summed E-state index contributed by atoms with van der Waals surface area (Å²) in [6, 6.07) is 13.7. The minimum Gasteiger partial charge on any atom is -0.304 e. The van der Waals surface area contributed by atoms with Crippen molar-refractivity contribution in [3.63, 3.8) is 0 Å². The van der Waals surface area contributed by atoms with Gasteiger partial charge >= 0.3 is 6.03 Å². The van der Waals surface area contributed by atoms with Gasteiger partial charge in [-0.2, -0.15) is 0 Å². The maximum Gasteiger partial charge on any atom is 0.328 e. The highest BCUT2D eigenvalue weighted by Gasteiger charge is 2.46. The number of rotatable bonds is 4. The molecule has 0 spiro atoms. The number of amides is 3. The van der Waals surface area contributed by atoms with Gasteiger partial charge in [0.15, 0.2) is 0 Å². The zero-order valence-corrected chi connectivity index (χ0v) is 15.9. The number of aryl methyl sites for hydroxylation is 1. The van der Waals surface area contributed by atoms with Crippen LogP contribution in [0.15, 0.2) is 48.5 Å². The van der Waals surface area contributed by atoms with Gasteiger partial charge in [-0.15, -0.1) is 0 Å². The van der Waals surface area contributed by atoms with E-state index >= 15 is 0 Å². The van der Waals surface area contributed by atoms with Crippen molar-refractivity contribution >= 4 is 11.9 Å². The first-order valence-corrected chi connectivity index (χ1v) is 9.68. The average Bonchev–Trinajstić information content (AvgIpc) is 2.71. The SMILES string of the molecule is Cc1ccc(CN2C(=O)N(Cc3ccc(F)cc3)C(=O)C3CCCNC32)cc1. The normalized spacial score (nSPS) is 22.4. The van der Waals surface area contributed by atoms with Crippen molar-refractivity contribution in [1.82, 2.24) is 15.1 Å². The van der Waals surface area contributed by atoms with Crippen molar-refractivity contribution in [2.24, 2.45) is 5.92 Å². The summed E-state index contributed by atoms with van der Waals surface area (Å²) >= 11 is 0. The first-order valence-electron chi connectivity index (χ1n) is 9.68. The van der Waals surface area contributed by atoms with Crippen molar-refractivity contribution in [1.29, 1.82) is 0 Å². The van der Waals surface area contributed by atoms with Crippen LogP contribution in [0.4, 0.5) is 9.18 Å². The maximum atomic E-state index is 13.3. The Hall–Kier alpha value is -2.73. The smallest absolute Gasteiger partial charge is 0.304 e. The van der Waals surface area contributed by atoms with Crippen LogP contribution in [-0.2, 0) is 17.9 Å². The van der Waals surface area contributed by atoms with E-state index in [-0.39, 0.29) is 36.4 Å². The zero-order valence-electron chi connectivity index (χ0n) is 15.9. The molecule has 2 aliphatic heterocycles. The molecule has 2 saturated heterocycles. The summed E-state index contributed by atoms with van der Waals surface area (Å²) in [5, 5.41) is 3.36. The zero-order chi connectivity index (χ0) is 19.7. The van der Waals surface area contributed by atoms with Crippen LogP contribution >= 0.6 is 0 Å². The number of piperidine rings is 1. The molecule has 1 N–H and O–H groups in total. The molecule has 146 valence electrons. The van der Waals surface area contributed by atoms with Gasteiger partial charge < -0.3 is 4.90 Å². The number of carbonyl (C=O) groups is 2. The van der Waals surface area contributed by atoms with Crippen LogP contribution in [0, 0.1) is 18.7 Å². The van der Waals surface area contributed by atoms with Gasteiger partial charge in [0.2, 0.25) is 5.91 Å². The van der Waals surface area contributed by atoms with Gasteiger partial charge in [-0.25, -0.2) is 9.18 Å². The highest BCUT2D eigenvalue weighted by molar-refractivity contribution is 5.98. The molecule has 2 fully saturated rings. The molecule has 2 aromatic rings. The number of imide groups is 1. The Morgan fingerprint density at radius 3 is 2.36 bits per heavy atom. The molecule has 4 rings (SSSR count). The van der Waals surface area contributed by atoms with E-state index in [0.717, 1.165) is 36.1 Å². The van der Waals surface area contributed by atoms with Crippen LogP contribution in [0.5, 0.6) is 0 Å². The number of fused-ring (bicyclic) bond motifs is 1. The molecule has 0 aromatic heterocycles. The quantitative estimate of drug-likeness (QED) is 0.883. The topological polar surface area (TPSA) is 52.7 Å². The fourth-order valence-corrected chi connectivity index (χ4v) is 4.00. The van der Waals surface area contributed by atoms with Crippen LogP contribution in [0.3, 0.4) is 0 Å². The third kappa shape index (κ3) is 3.64. The summed E-state index contributed by atoms with van der Waals surface area (Å²) in [5.41, 5.74) is 2.93. The molecule has 28 heavy (non-hydrogen) atoms. The molecule has 5 nitrogen and oxygen atoms in total. The minimum atomic E-state index is -0.336. The molecule has 2 atom stereocenters.